The van der Waals surface area contributed by atoms with Gasteiger partial charge >= 0.3 is 0 Å². The Bertz CT molecular complexity index is 223. The molecule has 0 heterocycles. The van der Waals surface area contributed by atoms with Crippen molar-refractivity contribution in [1.82, 2.24) is 4.72 Å². The van der Waals surface area contributed by atoms with E-state index in [0.717, 1.165) is 0 Å². The van der Waals surface area contributed by atoms with Crippen molar-refractivity contribution in [1.29, 1.82) is 0 Å². The molecule has 0 aromatic carbocycles. The molecule has 0 radical (unpaired) electrons. The standard InChI is InChI=1S/C4H12N2O3S2/c1-2-10(7)4-3-6-11(5,8)9/h6H,2-4H2,1H3,(H2,5,8,9). The van der Waals surface area contributed by atoms with E-state index in [1.807, 2.05) is 4.72 Å². The van der Waals surface area contributed by atoms with Gasteiger partial charge < -0.3 is 0 Å². The summed E-state index contributed by atoms with van der Waals surface area (Å²) in [6.07, 6.45) is 0. The second-order valence-corrected chi connectivity index (χ2v) is 5.12. The maximum Gasteiger partial charge on any atom is 0.274 e. The van der Waals surface area contributed by atoms with Crippen molar-refractivity contribution in [3.63, 3.8) is 0 Å². The number of nitrogens with one attached hydrogen (secondary N) is 1. The smallest absolute Gasteiger partial charge is 0.260 e. The Hall–Kier alpha value is 0.0200. The first-order valence-corrected chi connectivity index (χ1v) is 6.11. The summed E-state index contributed by atoms with van der Waals surface area (Å²) in [6, 6.07) is 0. The molecule has 0 aliphatic rings. The molecule has 0 amide bonds. The lowest BCUT2D eigenvalue weighted by molar-refractivity contribution is 0.586. The van der Waals surface area contributed by atoms with Gasteiger partial charge in [0.05, 0.1) is 0 Å². The van der Waals surface area contributed by atoms with Gasteiger partial charge in [0.25, 0.3) is 10.2 Å². The molecule has 5 nitrogen and oxygen atoms in total. The molecule has 0 spiro atoms. The molecule has 0 aromatic heterocycles. The van der Waals surface area contributed by atoms with Crippen LogP contribution in [-0.4, -0.2) is 30.7 Å². The van der Waals surface area contributed by atoms with E-state index in [-0.39, 0.29) is 6.54 Å². The molecule has 0 fully saturated rings. The average Bonchev–Trinajstić information content (AvgIpc) is 1.85. The zero-order valence-electron chi connectivity index (χ0n) is 6.24. The zero-order chi connectivity index (χ0) is 8.91. The normalized spacial score (nSPS) is 14.7. The van der Waals surface area contributed by atoms with E-state index in [0.29, 0.717) is 11.5 Å². The van der Waals surface area contributed by atoms with E-state index in [2.05, 4.69) is 5.14 Å². The zero-order valence-corrected chi connectivity index (χ0v) is 7.87. The minimum atomic E-state index is -3.61. The summed E-state index contributed by atoms with van der Waals surface area (Å²) in [5.41, 5.74) is 0. The summed E-state index contributed by atoms with van der Waals surface area (Å²) in [5.74, 6) is 0.846. The molecule has 0 aliphatic carbocycles. The van der Waals surface area contributed by atoms with Gasteiger partial charge in [0.2, 0.25) is 0 Å². The fourth-order valence-electron chi connectivity index (χ4n) is 0.442. The summed E-state index contributed by atoms with van der Waals surface area (Å²) >= 11 is 0. The predicted octanol–water partition coefficient (Wildman–Crippen LogP) is -1.45. The fourth-order valence-corrected chi connectivity index (χ4v) is 1.58. The van der Waals surface area contributed by atoms with Crippen LogP contribution in [0.15, 0.2) is 0 Å². The van der Waals surface area contributed by atoms with Crippen molar-refractivity contribution in [2.24, 2.45) is 5.14 Å². The average molecular weight is 200 g/mol. The first-order chi connectivity index (χ1) is 4.95. The van der Waals surface area contributed by atoms with Crippen LogP contribution in [0.2, 0.25) is 0 Å². The van der Waals surface area contributed by atoms with E-state index >= 15 is 0 Å². The maximum atomic E-state index is 10.7. The van der Waals surface area contributed by atoms with E-state index in [1.54, 1.807) is 6.92 Å². The molecule has 1 unspecified atom stereocenters. The van der Waals surface area contributed by atoms with Gasteiger partial charge in [-0.2, -0.15) is 8.42 Å². The highest BCUT2D eigenvalue weighted by Crippen LogP contribution is 1.79. The Labute approximate surface area is 69.0 Å². The van der Waals surface area contributed by atoms with Crippen LogP contribution < -0.4 is 9.86 Å². The van der Waals surface area contributed by atoms with Crippen LogP contribution in [0.5, 0.6) is 0 Å². The summed E-state index contributed by atoms with van der Waals surface area (Å²) in [4.78, 5) is 0. The quantitative estimate of drug-likeness (QED) is 0.569. The predicted molar refractivity (Wildman–Crippen MR) is 44.7 cm³/mol. The topological polar surface area (TPSA) is 89.3 Å². The molecule has 0 aromatic rings. The molecule has 0 bridgehead atoms. The molecule has 0 saturated heterocycles. The lowest BCUT2D eigenvalue weighted by Gasteiger charge is -1.99. The molecular formula is C4H12N2O3S2. The fraction of sp³-hybridized carbons (Fsp3) is 1.00. The molecule has 11 heavy (non-hydrogen) atoms. The second kappa shape index (κ2) is 4.81. The molecule has 68 valence electrons. The van der Waals surface area contributed by atoms with E-state index in [4.69, 9.17) is 0 Å². The van der Waals surface area contributed by atoms with Gasteiger partial charge in [0.1, 0.15) is 0 Å². The molecular weight excluding hydrogens is 188 g/mol. The van der Waals surface area contributed by atoms with Crippen LogP contribution in [0.3, 0.4) is 0 Å². The second-order valence-electron chi connectivity index (χ2n) is 1.87. The SMILES string of the molecule is CCS(=O)CCNS(N)(=O)=O. The molecule has 0 aliphatic heterocycles. The van der Waals surface area contributed by atoms with Crippen LogP contribution in [-0.2, 0) is 21.0 Å². The Kier molecular flexibility index (Phi) is 4.82. The van der Waals surface area contributed by atoms with Gasteiger partial charge in [-0.3, -0.25) is 4.21 Å². The number of nitrogens with two attached hydrogens (primary N) is 1. The third kappa shape index (κ3) is 7.92. The molecule has 1 atom stereocenters. The third-order valence-electron chi connectivity index (χ3n) is 0.955. The van der Waals surface area contributed by atoms with Gasteiger partial charge in [-0.15, -0.1) is 0 Å². The highest BCUT2D eigenvalue weighted by atomic mass is 32.2. The Balaban J connectivity index is 3.51. The maximum absolute atomic E-state index is 10.7. The largest absolute Gasteiger partial charge is 0.274 e. The van der Waals surface area contributed by atoms with Gasteiger partial charge in [-0.1, -0.05) is 6.92 Å². The minimum Gasteiger partial charge on any atom is -0.260 e. The number of hydrogen-bond acceptors (Lipinski definition) is 3. The van der Waals surface area contributed by atoms with Crippen molar-refractivity contribution >= 4 is 21.0 Å². The van der Waals surface area contributed by atoms with Crippen LogP contribution in [0.1, 0.15) is 6.92 Å². The van der Waals surface area contributed by atoms with Crippen molar-refractivity contribution < 1.29 is 12.6 Å². The Morgan fingerprint density at radius 1 is 1.55 bits per heavy atom. The first kappa shape index (κ1) is 11.0. The number of hydrogen-bond donors (Lipinski definition) is 2. The van der Waals surface area contributed by atoms with E-state index < -0.39 is 21.0 Å². The van der Waals surface area contributed by atoms with Crippen LogP contribution in [0, 0.1) is 0 Å². The molecule has 3 N–H and O–H groups in total. The van der Waals surface area contributed by atoms with Crippen LogP contribution in [0.4, 0.5) is 0 Å². The van der Waals surface area contributed by atoms with E-state index in [1.165, 1.54) is 0 Å². The van der Waals surface area contributed by atoms with Crippen molar-refractivity contribution in [3.8, 4) is 0 Å². The summed E-state index contributed by atoms with van der Waals surface area (Å²) in [7, 11) is -4.56. The van der Waals surface area contributed by atoms with Gasteiger partial charge in [0.15, 0.2) is 0 Å². The van der Waals surface area contributed by atoms with Crippen LogP contribution >= 0.6 is 0 Å². The lowest BCUT2D eigenvalue weighted by Crippen LogP contribution is -2.33. The van der Waals surface area contributed by atoms with E-state index in [9.17, 15) is 12.6 Å². The highest BCUT2D eigenvalue weighted by molar-refractivity contribution is 7.87. The molecule has 0 saturated carbocycles. The Morgan fingerprint density at radius 3 is 2.45 bits per heavy atom. The van der Waals surface area contributed by atoms with Gasteiger partial charge in [0, 0.05) is 28.9 Å². The third-order valence-corrected chi connectivity index (χ3v) is 2.86. The van der Waals surface area contributed by atoms with Gasteiger partial charge in [-0.25, -0.2) is 9.86 Å². The van der Waals surface area contributed by atoms with Crippen molar-refractivity contribution in [3.05, 3.63) is 0 Å². The monoisotopic (exact) mass is 200 g/mol. The van der Waals surface area contributed by atoms with Crippen molar-refractivity contribution in [2.45, 2.75) is 6.92 Å². The minimum absolute atomic E-state index is 0.138. The summed E-state index contributed by atoms with van der Waals surface area (Å²) in [6.45, 7) is 1.91. The highest BCUT2D eigenvalue weighted by Gasteiger charge is 2.01. The summed E-state index contributed by atoms with van der Waals surface area (Å²) in [5, 5.41) is 4.63. The lowest BCUT2D eigenvalue weighted by atomic mass is 10.8. The summed E-state index contributed by atoms with van der Waals surface area (Å²) < 4.78 is 33.3. The van der Waals surface area contributed by atoms with Gasteiger partial charge in [-0.05, 0) is 0 Å². The van der Waals surface area contributed by atoms with Crippen LogP contribution in [0.25, 0.3) is 0 Å². The molecule has 0 rings (SSSR count). The van der Waals surface area contributed by atoms with Crippen molar-refractivity contribution in [2.75, 3.05) is 18.1 Å². The first-order valence-electron chi connectivity index (χ1n) is 3.08. The Morgan fingerprint density at radius 2 is 2.09 bits per heavy atom. The number of rotatable bonds is 5. The molecule has 7 heteroatoms.